The molecule has 0 bridgehead atoms. The van der Waals surface area contributed by atoms with E-state index in [9.17, 15) is 9.59 Å². The van der Waals surface area contributed by atoms with Gasteiger partial charge in [-0.25, -0.2) is 14.5 Å². The van der Waals surface area contributed by atoms with E-state index in [4.69, 9.17) is 0 Å². The normalized spacial score (nSPS) is 18.2. The van der Waals surface area contributed by atoms with Crippen LogP contribution in [0, 0.1) is 0 Å². The van der Waals surface area contributed by atoms with Gasteiger partial charge in [0.25, 0.3) is 0 Å². The van der Waals surface area contributed by atoms with Crippen molar-refractivity contribution in [2.24, 2.45) is 0 Å². The highest BCUT2D eigenvalue weighted by molar-refractivity contribution is 8.00. The zero-order valence-corrected chi connectivity index (χ0v) is 17.5. The summed E-state index contributed by atoms with van der Waals surface area (Å²) in [4.78, 5) is 29.3. The number of hydrogen-bond acceptors (Lipinski definition) is 5. The molecule has 154 valence electrons. The SMILES string of the molecule is CC(Sc1nc(C2CC2)n(-c2ccccc2)n1)C(=O)NC(=O)NC1CCCCC1. The van der Waals surface area contributed by atoms with Crippen molar-refractivity contribution >= 4 is 23.7 Å². The van der Waals surface area contributed by atoms with E-state index in [0.29, 0.717) is 11.1 Å². The highest BCUT2D eigenvalue weighted by atomic mass is 32.2. The predicted molar refractivity (Wildman–Crippen MR) is 112 cm³/mol. The summed E-state index contributed by atoms with van der Waals surface area (Å²) in [5.74, 6) is 1.05. The van der Waals surface area contributed by atoms with Crippen LogP contribution in [-0.4, -0.2) is 38.0 Å². The fourth-order valence-corrected chi connectivity index (χ4v) is 4.37. The van der Waals surface area contributed by atoms with Gasteiger partial charge < -0.3 is 5.32 Å². The zero-order chi connectivity index (χ0) is 20.2. The Morgan fingerprint density at radius 1 is 1.10 bits per heavy atom. The van der Waals surface area contributed by atoms with Crippen LogP contribution in [0.1, 0.15) is 63.6 Å². The van der Waals surface area contributed by atoms with Crippen LogP contribution in [0.2, 0.25) is 0 Å². The number of carbonyl (C=O) groups is 2. The molecule has 0 aliphatic heterocycles. The third-order valence-electron chi connectivity index (χ3n) is 5.38. The summed E-state index contributed by atoms with van der Waals surface area (Å²) in [6.07, 6.45) is 7.68. The van der Waals surface area contributed by atoms with Crippen molar-refractivity contribution in [1.29, 1.82) is 0 Å². The van der Waals surface area contributed by atoms with Crippen LogP contribution < -0.4 is 10.6 Å². The van der Waals surface area contributed by atoms with E-state index in [1.807, 2.05) is 35.0 Å². The molecule has 1 heterocycles. The first-order chi connectivity index (χ1) is 14.1. The molecule has 1 atom stereocenters. The van der Waals surface area contributed by atoms with Gasteiger partial charge in [-0.15, -0.1) is 5.10 Å². The molecule has 8 heteroatoms. The Kier molecular flexibility index (Phi) is 6.18. The lowest BCUT2D eigenvalue weighted by molar-refractivity contribution is -0.119. The Morgan fingerprint density at radius 2 is 1.83 bits per heavy atom. The van der Waals surface area contributed by atoms with Gasteiger partial charge in [-0.3, -0.25) is 10.1 Å². The summed E-state index contributed by atoms with van der Waals surface area (Å²) in [5, 5.41) is 10.1. The van der Waals surface area contributed by atoms with Gasteiger partial charge in [0.2, 0.25) is 11.1 Å². The van der Waals surface area contributed by atoms with Gasteiger partial charge in [0.05, 0.1) is 10.9 Å². The Labute approximate surface area is 175 Å². The first-order valence-electron chi connectivity index (χ1n) is 10.4. The van der Waals surface area contributed by atoms with E-state index < -0.39 is 11.3 Å². The summed E-state index contributed by atoms with van der Waals surface area (Å²) in [6, 6.07) is 9.68. The van der Waals surface area contributed by atoms with Crippen molar-refractivity contribution in [3.05, 3.63) is 36.2 Å². The van der Waals surface area contributed by atoms with Gasteiger partial charge in [-0.1, -0.05) is 49.2 Å². The summed E-state index contributed by atoms with van der Waals surface area (Å²) in [6.45, 7) is 1.77. The highest BCUT2D eigenvalue weighted by Crippen LogP contribution is 2.40. The smallest absolute Gasteiger partial charge is 0.321 e. The molecule has 2 aliphatic carbocycles. The maximum absolute atomic E-state index is 12.5. The lowest BCUT2D eigenvalue weighted by atomic mass is 9.96. The standard InChI is InChI=1S/C21H27N5O2S/c1-14(19(27)24-20(28)22-16-8-4-2-5-9-16)29-21-23-18(15-12-13-15)26(25-21)17-10-6-3-7-11-17/h3,6-7,10-11,14-16H,2,4-5,8-9,12-13H2,1H3,(H2,22,24,27,28). The number of amides is 3. The predicted octanol–water partition coefficient (Wildman–Crippen LogP) is 3.78. The first kappa shape index (κ1) is 19.9. The molecule has 4 rings (SSSR count). The second kappa shape index (κ2) is 8.98. The minimum absolute atomic E-state index is 0.170. The third kappa shape index (κ3) is 5.18. The molecule has 1 aromatic heterocycles. The summed E-state index contributed by atoms with van der Waals surface area (Å²) in [7, 11) is 0. The van der Waals surface area contributed by atoms with E-state index in [-0.39, 0.29) is 11.9 Å². The Morgan fingerprint density at radius 3 is 2.52 bits per heavy atom. The van der Waals surface area contributed by atoms with Crippen molar-refractivity contribution < 1.29 is 9.59 Å². The van der Waals surface area contributed by atoms with Gasteiger partial charge in [-0.2, -0.15) is 0 Å². The van der Waals surface area contributed by atoms with Crippen molar-refractivity contribution in [1.82, 2.24) is 25.4 Å². The number of benzene rings is 1. The minimum atomic E-state index is -0.467. The fraction of sp³-hybridized carbons (Fsp3) is 0.524. The minimum Gasteiger partial charge on any atom is -0.335 e. The van der Waals surface area contributed by atoms with Gasteiger partial charge in [0.15, 0.2) is 0 Å². The van der Waals surface area contributed by atoms with Crippen molar-refractivity contribution in [3.63, 3.8) is 0 Å². The molecule has 2 aliphatic rings. The summed E-state index contributed by atoms with van der Waals surface area (Å²) >= 11 is 1.28. The van der Waals surface area contributed by atoms with E-state index in [0.717, 1.165) is 50.0 Å². The molecule has 1 aromatic carbocycles. The number of imide groups is 1. The molecule has 0 radical (unpaired) electrons. The van der Waals surface area contributed by atoms with E-state index in [2.05, 4.69) is 20.7 Å². The largest absolute Gasteiger partial charge is 0.335 e. The average molecular weight is 414 g/mol. The van der Waals surface area contributed by atoms with Crippen LogP contribution >= 0.6 is 11.8 Å². The molecule has 29 heavy (non-hydrogen) atoms. The number of aromatic nitrogens is 3. The molecule has 1 unspecified atom stereocenters. The average Bonchev–Trinajstić information content (AvgIpc) is 3.49. The van der Waals surface area contributed by atoms with Crippen molar-refractivity contribution in [2.45, 2.75) is 74.2 Å². The number of nitrogens with zero attached hydrogens (tertiary/aromatic N) is 3. The maximum atomic E-state index is 12.5. The molecule has 3 amide bonds. The van der Waals surface area contributed by atoms with Crippen LogP contribution in [0.15, 0.2) is 35.5 Å². The van der Waals surface area contributed by atoms with Crippen LogP contribution in [0.5, 0.6) is 0 Å². The number of carbonyl (C=O) groups excluding carboxylic acids is 2. The zero-order valence-electron chi connectivity index (χ0n) is 16.6. The molecule has 0 spiro atoms. The maximum Gasteiger partial charge on any atom is 0.321 e. The van der Waals surface area contributed by atoms with Gasteiger partial charge >= 0.3 is 6.03 Å². The molecule has 2 N–H and O–H groups in total. The molecule has 7 nitrogen and oxygen atoms in total. The van der Waals surface area contributed by atoms with Gasteiger partial charge in [0.1, 0.15) is 5.82 Å². The van der Waals surface area contributed by atoms with Crippen LogP contribution in [0.4, 0.5) is 4.79 Å². The lowest BCUT2D eigenvalue weighted by Crippen LogP contribution is -2.47. The fourth-order valence-electron chi connectivity index (χ4n) is 3.61. The summed E-state index contributed by atoms with van der Waals surface area (Å²) < 4.78 is 1.88. The van der Waals surface area contributed by atoms with Crippen LogP contribution in [0.3, 0.4) is 0 Å². The highest BCUT2D eigenvalue weighted by Gasteiger charge is 2.31. The topological polar surface area (TPSA) is 88.9 Å². The number of nitrogens with one attached hydrogen (secondary N) is 2. The second-order valence-corrected chi connectivity index (χ2v) is 9.14. The van der Waals surface area contributed by atoms with Gasteiger partial charge in [-0.05, 0) is 44.7 Å². The second-order valence-electron chi connectivity index (χ2n) is 7.83. The Bertz CT molecular complexity index is 859. The quantitative estimate of drug-likeness (QED) is 0.704. The van der Waals surface area contributed by atoms with E-state index in [1.54, 1.807) is 6.92 Å². The molecular formula is C21H27N5O2S. The summed E-state index contributed by atoms with van der Waals surface area (Å²) in [5.41, 5.74) is 0.970. The third-order valence-corrected chi connectivity index (χ3v) is 6.34. The molecule has 0 saturated heterocycles. The molecule has 2 fully saturated rings. The number of urea groups is 1. The molecular weight excluding hydrogens is 386 g/mol. The first-order valence-corrected chi connectivity index (χ1v) is 11.3. The Balaban J connectivity index is 1.37. The van der Waals surface area contributed by atoms with Crippen molar-refractivity contribution in [3.8, 4) is 5.69 Å². The number of para-hydroxylation sites is 1. The molecule has 2 saturated carbocycles. The number of hydrogen-bond donors (Lipinski definition) is 2. The monoisotopic (exact) mass is 413 g/mol. The lowest BCUT2D eigenvalue weighted by Gasteiger charge is -2.22. The molecule has 2 aromatic rings. The van der Waals surface area contributed by atoms with Crippen LogP contribution in [0.25, 0.3) is 5.69 Å². The van der Waals surface area contributed by atoms with Crippen molar-refractivity contribution in [2.75, 3.05) is 0 Å². The Hall–Kier alpha value is -2.35. The number of rotatable bonds is 6. The van der Waals surface area contributed by atoms with Crippen LogP contribution in [-0.2, 0) is 4.79 Å². The van der Waals surface area contributed by atoms with Gasteiger partial charge in [0, 0.05) is 12.0 Å². The van der Waals surface area contributed by atoms with E-state index >= 15 is 0 Å². The number of thioether (sulfide) groups is 1. The van der Waals surface area contributed by atoms with E-state index in [1.165, 1.54) is 18.2 Å².